The maximum absolute atomic E-state index is 12.2. The normalized spacial score (nSPS) is 11.0. The third kappa shape index (κ3) is 4.97. The molecule has 9 heteroatoms. The van der Waals surface area contributed by atoms with Gasteiger partial charge in [0.05, 0.1) is 4.90 Å². The maximum Gasteiger partial charge on any atom is 0.257 e. The lowest BCUT2D eigenvalue weighted by Crippen LogP contribution is -2.34. The van der Waals surface area contributed by atoms with E-state index in [9.17, 15) is 13.2 Å². The number of carbonyl (C=O) groups excluding carboxylic acids is 1. The van der Waals surface area contributed by atoms with Crippen LogP contribution in [0.1, 0.15) is 15.9 Å². The van der Waals surface area contributed by atoms with E-state index in [0.717, 1.165) is 9.13 Å². The molecule has 4 N–H and O–H groups in total. The van der Waals surface area contributed by atoms with Crippen molar-refractivity contribution in [2.45, 2.75) is 11.8 Å². The van der Waals surface area contributed by atoms with Gasteiger partial charge in [-0.15, -0.1) is 0 Å². The van der Waals surface area contributed by atoms with Crippen LogP contribution in [-0.4, -0.2) is 19.4 Å². The fraction of sp³-hybridized carbons (Fsp3) is 0.0667. The number of hydrogen-bond acceptors (Lipinski definition) is 4. The Kier molecular flexibility index (Phi) is 5.91. The number of primary sulfonamides is 1. The molecule has 0 unspecified atom stereocenters. The van der Waals surface area contributed by atoms with Gasteiger partial charge >= 0.3 is 0 Å². The van der Waals surface area contributed by atoms with E-state index >= 15 is 0 Å². The molecule has 2 aromatic rings. The van der Waals surface area contributed by atoms with Gasteiger partial charge in [-0.3, -0.25) is 10.1 Å². The van der Waals surface area contributed by atoms with Gasteiger partial charge in [-0.1, -0.05) is 6.07 Å². The van der Waals surface area contributed by atoms with Crippen molar-refractivity contribution in [1.29, 1.82) is 0 Å². The zero-order valence-electron chi connectivity index (χ0n) is 12.5. The van der Waals surface area contributed by atoms with Crippen LogP contribution in [0.3, 0.4) is 0 Å². The summed E-state index contributed by atoms with van der Waals surface area (Å²) in [6, 6.07) is 11.1. The van der Waals surface area contributed by atoms with Crippen LogP contribution in [0.4, 0.5) is 5.69 Å². The van der Waals surface area contributed by atoms with Crippen LogP contribution in [0.5, 0.6) is 0 Å². The number of halogens is 1. The van der Waals surface area contributed by atoms with E-state index in [4.69, 9.17) is 17.4 Å². The van der Waals surface area contributed by atoms with E-state index in [0.29, 0.717) is 11.3 Å². The molecule has 126 valence electrons. The van der Waals surface area contributed by atoms with Gasteiger partial charge < -0.3 is 5.32 Å². The van der Waals surface area contributed by atoms with Gasteiger partial charge in [-0.2, -0.15) is 0 Å². The molecule has 0 heterocycles. The average molecular weight is 475 g/mol. The first-order valence-corrected chi connectivity index (χ1v) is 9.71. The topological polar surface area (TPSA) is 101 Å². The van der Waals surface area contributed by atoms with Crippen molar-refractivity contribution in [3.8, 4) is 0 Å². The Morgan fingerprint density at radius 1 is 1.17 bits per heavy atom. The Morgan fingerprint density at radius 2 is 1.79 bits per heavy atom. The first-order valence-electron chi connectivity index (χ1n) is 6.68. The molecule has 0 fully saturated rings. The monoisotopic (exact) mass is 475 g/mol. The molecule has 24 heavy (non-hydrogen) atoms. The van der Waals surface area contributed by atoms with E-state index in [1.807, 2.05) is 13.0 Å². The molecule has 0 aliphatic carbocycles. The predicted octanol–water partition coefficient (Wildman–Crippen LogP) is 2.37. The fourth-order valence-corrected chi connectivity index (χ4v) is 3.04. The highest BCUT2D eigenvalue weighted by molar-refractivity contribution is 14.1. The lowest BCUT2D eigenvalue weighted by Gasteiger charge is -2.10. The number of benzene rings is 2. The minimum absolute atomic E-state index is 0.00256. The smallest absolute Gasteiger partial charge is 0.257 e. The van der Waals surface area contributed by atoms with Crippen LogP contribution in [0.2, 0.25) is 0 Å². The first kappa shape index (κ1) is 18.8. The molecular formula is C15H14IN3O3S2. The molecule has 0 saturated carbocycles. The Morgan fingerprint density at radius 3 is 2.33 bits per heavy atom. The Hall–Kier alpha value is -1.56. The minimum atomic E-state index is -3.74. The van der Waals surface area contributed by atoms with Crippen molar-refractivity contribution in [2.24, 2.45) is 5.14 Å². The number of amides is 1. The molecule has 6 nitrogen and oxygen atoms in total. The van der Waals surface area contributed by atoms with Crippen LogP contribution < -0.4 is 15.8 Å². The molecule has 0 atom stereocenters. The quantitative estimate of drug-likeness (QED) is 0.468. The number of sulfonamides is 1. The molecule has 1 amide bonds. The summed E-state index contributed by atoms with van der Waals surface area (Å²) in [6.07, 6.45) is 0. The standard InChI is InChI=1S/C15H14IN3O3S2/c1-9-2-3-10(8-13(9)16)14(20)19-15(23)18-11-4-6-12(7-5-11)24(17,21)22/h2-8H,1H3,(H2,17,21,22)(H2,18,19,20,23). The third-order valence-corrected chi connectivity index (χ3v) is 5.40. The predicted molar refractivity (Wildman–Crippen MR) is 105 cm³/mol. The van der Waals surface area contributed by atoms with Gasteiger partial charge in [0.2, 0.25) is 10.0 Å². The van der Waals surface area contributed by atoms with Crippen LogP contribution in [0.25, 0.3) is 0 Å². The number of aryl methyl sites for hydroxylation is 1. The number of anilines is 1. The summed E-state index contributed by atoms with van der Waals surface area (Å²) in [5, 5.41) is 10.5. The van der Waals surface area contributed by atoms with Gasteiger partial charge in [0.25, 0.3) is 5.91 Å². The SMILES string of the molecule is Cc1ccc(C(=O)NC(=S)Nc2ccc(S(N)(=O)=O)cc2)cc1I. The van der Waals surface area contributed by atoms with E-state index in [2.05, 4.69) is 33.2 Å². The highest BCUT2D eigenvalue weighted by Crippen LogP contribution is 2.14. The molecular weight excluding hydrogens is 461 g/mol. The summed E-state index contributed by atoms with van der Waals surface area (Å²) in [5.41, 5.74) is 2.12. The third-order valence-electron chi connectivity index (χ3n) is 3.10. The lowest BCUT2D eigenvalue weighted by molar-refractivity contribution is 0.0977. The molecule has 0 radical (unpaired) electrons. The van der Waals surface area contributed by atoms with Crippen molar-refractivity contribution < 1.29 is 13.2 Å². The van der Waals surface area contributed by atoms with Crippen molar-refractivity contribution >= 4 is 61.5 Å². The van der Waals surface area contributed by atoms with Crippen molar-refractivity contribution in [1.82, 2.24) is 5.32 Å². The Labute approximate surface area is 159 Å². The molecule has 0 aliphatic rings. The Bertz CT molecular complexity index is 897. The number of hydrogen-bond donors (Lipinski definition) is 3. The summed E-state index contributed by atoms with van der Waals surface area (Å²) in [7, 11) is -3.74. The van der Waals surface area contributed by atoms with Gasteiger partial charge in [-0.05, 0) is 83.7 Å². The summed E-state index contributed by atoms with van der Waals surface area (Å²) >= 11 is 7.25. The highest BCUT2D eigenvalue weighted by atomic mass is 127. The molecule has 2 aromatic carbocycles. The number of carbonyl (C=O) groups is 1. The van der Waals surface area contributed by atoms with E-state index in [1.54, 1.807) is 12.1 Å². The van der Waals surface area contributed by atoms with Crippen LogP contribution in [0, 0.1) is 10.5 Å². The van der Waals surface area contributed by atoms with E-state index in [-0.39, 0.29) is 15.9 Å². The highest BCUT2D eigenvalue weighted by Gasteiger charge is 2.10. The summed E-state index contributed by atoms with van der Waals surface area (Å²) in [5.74, 6) is -0.327. The summed E-state index contributed by atoms with van der Waals surface area (Å²) in [4.78, 5) is 12.2. The summed E-state index contributed by atoms with van der Waals surface area (Å²) < 4.78 is 23.4. The maximum atomic E-state index is 12.2. The largest absolute Gasteiger partial charge is 0.332 e. The molecule has 0 aliphatic heterocycles. The van der Waals surface area contributed by atoms with Crippen LogP contribution in [-0.2, 0) is 10.0 Å². The van der Waals surface area contributed by atoms with Crippen LogP contribution in [0.15, 0.2) is 47.4 Å². The fourth-order valence-electron chi connectivity index (χ4n) is 1.80. The first-order chi connectivity index (χ1) is 11.2. The lowest BCUT2D eigenvalue weighted by atomic mass is 10.1. The zero-order valence-corrected chi connectivity index (χ0v) is 16.3. The van der Waals surface area contributed by atoms with Crippen molar-refractivity contribution in [3.05, 3.63) is 57.2 Å². The van der Waals surface area contributed by atoms with Crippen LogP contribution >= 0.6 is 34.8 Å². The van der Waals surface area contributed by atoms with Crippen molar-refractivity contribution in [2.75, 3.05) is 5.32 Å². The van der Waals surface area contributed by atoms with Gasteiger partial charge in [0, 0.05) is 14.8 Å². The molecule has 0 bridgehead atoms. The zero-order chi connectivity index (χ0) is 17.9. The number of nitrogens with two attached hydrogens (primary N) is 1. The second-order valence-corrected chi connectivity index (χ2v) is 8.07. The average Bonchev–Trinajstić information content (AvgIpc) is 2.49. The van der Waals surface area contributed by atoms with Gasteiger partial charge in [-0.25, -0.2) is 13.6 Å². The van der Waals surface area contributed by atoms with E-state index in [1.165, 1.54) is 24.3 Å². The van der Waals surface area contributed by atoms with Crippen molar-refractivity contribution in [3.63, 3.8) is 0 Å². The number of thiocarbonyl (C=S) groups is 1. The molecule has 2 rings (SSSR count). The molecule has 0 saturated heterocycles. The minimum Gasteiger partial charge on any atom is -0.332 e. The van der Waals surface area contributed by atoms with E-state index < -0.39 is 10.0 Å². The number of nitrogens with one attached hydrogen (secondary N) is 2. The number of rotatable bonds is 3. The second kappa shape index (κ2) is 7.55. The summed E-state index contributed by atoms with van der Waals surface area (Å²) in [6.45, 7) is 1.96. The Balaban J connectivity index is 2.02. The second-order valence-electron chi connectivity index (χ2n) is 4.94. The van der Waals surface area contributed by atoms with Gasteiger partial charge in [0.15, 0.2) is 5.11 Å². The molecule has 0 spiro atoms. The molecule has 0 aromatic heterocycles. The van der Waals surface area contributed by atoms with Gasteiger partial charge in [0.1, 0.15) is 0 Å².